The maximum atomic E-state index is 5.60. The van der Waals surface area contributed by atoms with Crippen molar-refractivity contribution in [3.8, 4) is 0 Å². The fourth-order valence-electron chi connectivity index (χ4n) is 1.29. The van der Waals surface area contributed by atoms with Crippen molar-refractivity contribution in [2.45, 2.75) is 19.3 Å². The summed E-state index contributed by atoms with van der Waals surface area (Å²) in [5, 5.41) is 0.376. The number of halogens is 1. The van der Waals surface area contributed by atoms with Gasteiger partial charge in [-0.05, 0) is 36.4 Å². The summed E-state index contributed by atoms with van der Waals surface area (Å²) in [6.07, 6.45) is 5.21. The maximum absolute atomic E-state index is 5.60. The summed E-state index contributed by atoms with van der Waals surface area (Å²) in [5.41, 5.74) is 2.41. The highest BCUT2D eigenvalue weighted by Gasteiger charge is 2.11. The lowest BCUT2D eigenvalue weighted by molar-refractivity contribution is 0.899. The van der Waals surface area contributed by atoms with E-state index in [0.717, 1.165) is 18.5 Å². The molecule has 2 nitrogen and oxygen atoms in total. The van der Waals surface area contributed by atoms with Crippen LogP contribution in [-0.2, 0) is 12.8 Å². The van der Waals surface area contributed by atoms with Gasteiger partial charge in [-0.3, -0.25) is 0 Å². The Bertz CT molecular complexity index is 260. The van der Waals surface area contributed by atoms with Gasteiger partial charge in [-0.25, -0.2) is 9.97 Å². The van der Waals surface area contributed by atoms with Gasteiger partial charge >= 0.3 is 0 Å². The molecule has 0 fully saturated rings. The van der Waals surface area contributed by atoms with Gasteiger partial charge in [0.25, 0.3) is 0 Å². The van der Waals surface area contributed by atoms with Gasteiger partial charge in [0.15, 0.2) is 0 Å². The molecule has 2 rings (SSSR count). The third-order valence-electron chi connectivity index (χ3n) is 1.78. The van der Waals surface area contributed by atoms with Gasteiger partial charge in [0, 0.05) is 11.9 Å². The average molecular weight is 155 g/mol. The van der Waals surface area contributed by atoms with Crippen molar-refractivity contribution in [2.24, 2.45) is 0 Å². The molecule has 0 saturated carbocycles. The van der Waals surface area contributed by atoms with Crippen molar-refractivity contribution >= 4 is 11.6 Å². The molecule has 0 aromatic carbocycles. The molecule has 1 aliphatic rings. The topological polar surface area (TPSA) is 25.8 Å². The van der Waals surface area contributed by atoms with Crippen LogP contribution in [0.5, 0.6) is 0 Å². The summed E-state index contributed by atoms with van der Waals surface area (Å²) in [7, 11) is 0. The summed E-state index contributed by atoms with van der Waals surface area (Å²) >= 11 is 5.60. The summed E-state index contributed by atoms with van der Waals surface area (Å²) in [6, 6.07) is 0. The lowest BCUT2D eigenvalue weighted by atomic mass is 10.3. The molecule has 0 aliphatic heterocycles. The normalized spacial score (nSPS) is 15.3. The first-order chi connectivity index (χ1) is 4.86. The van der Waals surface area contributed by atoms with Crippen molar-refractivity contribution in [1.82, 2.24) is 9.97 Å². The molecule has 0 radical (unpaired) electrons. The largest absolute Gasteiger partial charge is 0.226 e. The van der Waals surface area contributed by atoms with Crippen LogP contribution in [0, 0.1) is 0 Å². The van der Waals surface area contributed by atoms with E-state index in [0.29, 0.717) is 5.28 Å². The molecule has 0 atom stereocenters. The minimum absolute atomic E-state index is 0.376. The molecule has 52 valence electrons. The van der Waals surface area contributed by atoms with Gasteiger partial charge in [0.2, 0.25) is 5.28 Å². The van der Waals surface area contributed by atoms with E-state index in [1.54, 1.807) is 0 Å². The Balaban J connectivity index is 2.52. The number of rotatable bonds is 0. The van der Waals surface area contributed by atoms with Crippen LogP contribution in [0.3, 0.4) is 0 Å². The van der Waals surface area contributed by atoms with E-state index in [1.807, 2.05) is 6.20 Å². The Labute approximate surface area is 64.3 Å². The van der Waals surface area contributed by atoms with E-state index in [2.05, 4.69) is 9.97 Å². The van der Waals surface area contributed by atoms with E-state index < -0.39 is 0 Å². The number of nitrogens with zero attached hydrogens (tertiary/aromatic N) is 2. The molecule has 10 heavy (non-hydrogen) atoms. The van der Waals surface area contributed by atoms with Crippen LogP contribution < -0.4 is 0 Å². The summed E-state index contributed by atoms with van der Waals surface area (Å²) in [6.45, 7) is 0. The zero-order valence-electron chi connectivity index (χ0n) is 5.47. The number of hydrogen-bond acceptors (Lipinski definition) is 2. The van der Waals surface area contributed by atoms with Crippen molar-refractivity contribution in [2.75, 3.05) is 0 Å². The third-order valence-corrected chi connectivity index (χ3v) is 1.97. The SMILES string of the molecule is Clc1ncc2c(n1)CCC2. The van der Waals surface area contributed by atoms with E-state index in [4.69, 9.17) is 11.6 Å². The summed E-state index contributed by atoms with van der Waals surface area (Å²) in [4.78, 5) is 8.01. The molecule has 0 spiro atoms. The van der Waals surface area contributed by atoms with Gasteiger partial charge in [0.05, 0.1) is 0 Å². The Hall–Kier alpha value is -0.630. The third kappa shape index (κ3) is 0.886. The molecule has 0 unspecified atom stereocenters. The molecule has 3 heteroatoms. The monoisotopic (exact) mass is 154 g/mol. The van der Waals surface area contributed by atoms with Gasteiger partial charge in [-0.2, -0.15) is 0 Å². The molecule has 1 aliphatic carbocycles. The Morgan fingerprint density at radius 1 is 1.40 bits per heavy atom. The van der Waals surface area contributed by atoms with Crippen LogP contribution in [0.4, 0.5) is 0 Å². The quantitative estimate of drug-likeness (QED) is 0.531. The summed E-state index contributed by atoms with van der Waals surface area (Å²) < 4.78 is 0. The van der Waals surface area contributed by atoms with E-state index in [1.165, 1.54) is 12.0 Å². The Kier molecular flexibility index (Phi) is 1.34. The predicted molar refractivity (Wildman–Crippen MR) is 39.1 cm³/mol. The standard InChI is InChI=1S/C7H7ClN2/c8-7-9-4-5-2-1-3-6(5)10-7/h4H,1-3H2. The smallest absolute Gasteiger partial charge is 0.222 e. The van der Waals surface area contributed by atoms with Gasteiger partial charge in [-0.1, -0.05) is 0 Å². The summed E-state index contributed by atoms with van der Waals surface area (Å²) in [5.74, 6) is 0. The highest BCUT2D eigenvalue weighted by molar-refractivity contribution is 6.28. The highest BCUT2D eigenvalue weighted by Crippen LogP contribution is 2.19. The molecular formula is C7H7ClN2. The van der Waals surface area contributed by atoms with Gasteiger partial charge in [0.1, 0.15) is 0 Å². The first-order valence-electron chi connectivity index (χ1n) is 3.36. The number of aromatic nitrogens is 2. The van der Waals surface area contributed by atoms with E-state index >= 15 is 0 Å². The Morgan fingerprint density at radius 3 is 3.20 bits per heavy atom. The minimum atomic E-state index is 0.376. The Morgan fingerprint density at radius 2 is 2.30 bits per heavy atom. The van der Waals surface area contributed by atoms with Crippen molar-refractivity contribution in [1.29, 1.82) is 0 Å². The van der Waals surface area contributed by atoms with Crippen LogP contribution in [0.2, 0.25) is 5.28 Å². The first-order valence-corrected chi connectivity index (χ1v) is 3.74. The van der Waals surface area contributed by atoms with Gasteiger partial charge in [-0.15, -0.1) is 0 Å². The van der Waals surface area contributed by atoms with E-state index in [-0.39, 0.29) is 0 Å². The minimum Gasteiger partial charge on any atom is -0.226 e. The van der Waals surface area contributed by atoms with Crippen LogP contribution in [-0.4, -0.2) is 9.97 Å². The van der Waals surface area contributed by atoms with Crippen LogP contribution in [0.1, 0.15) is 17.7 Å². The second kappa shape index (κ2) is 2.20. The molecule has 1 aromatic rings. The molecular weight excluding hydrogens is 148 g/mol. The zero-order valence-corrected chi connectivity index (χ0v) is 6.23. The van der Waals surface area contributed by atoms with E-state index in [9.17, 15) is 0 Å². The highest BCUT2D eigenvalue weighted by atomic mass is 35.5. The lowest BCUT2D eigenvalue weighted by Crippen LogP contribution is -1.90. The molecule has 0 bridgehead atoms. The molecule has 1 heterocycles. The number of fused-ring (bicyclic) bond motifs is 1. The first kappa shape index (κ1) is 6.10. The second-order valence-corrected chi connectivity index (χ2v) is 2.80. The second-order valence-electron chi connectivity index (χ2n) is 2.46. The fraction of sp³-hybridized carbons (Fsp3) is 0.429. The lowest BCUT2D eigenvalue weighted by Gasteiger charge is -1.94. The predicted octanol–water partition coefficient (Wildman–Crippen LogP) is 1.62. The van der Waals surface area contributed by atoms with Crippen molar-refractivity contribution in [3.05, 3.63) is 22.7 Å². The average Bonchev–Trinajstić information content (AvgIpc) is 2.33. The van der Waals surface area contributed by atoms with Crippen molar-refractivity contribution in [3.63, 3.8) is 0 Å². The number of aryl methyl sites for hydroxylation is 2. The van der Waals surface area contributed by atoms with Crippen molar-refractivity contribution < 1.29 is 0 Å². The van der Waals surface area contributed by atoms with Crippen LogP contribution in [0.15, 0.2) is 6.20 Å². The molecule has 0 N–H and O–H groups in total. The maximum Gasteiger partial charge on any atom is 0.222 e. The van der Waals surface area contributed by atoms with Gasteiger partial charge < -0.3 is 0 Å². The molecule has 0 amide bonds. The fourth-order valence-corrected chi connectivity index (χ4v) is 1.44. The number of hydrogen-bond donors (Lipinski definition) is 0. The van der Waals surface area contributed by atoms with Crippen LogP contribution in [0.25, 0.3) is 0 Å². The molecule has 1 aromatic heterocycles. The van der Waals surface area contributed by atoms with Crippen LogP contribution >= 0.6 is 11.6 Å². The zero-order chi connectivity index (χ0) is 6.97. The molecule has 0 saturated heterocycles.